The molecule has 32 heavy (non-hydrogen) atoms. The van der Waals surface area contributed by atoms with Crippen molar-refractivity contribution in [2.24, 2.45) is 4.99 Å². The van der Waals surface area contributed by atoms with Crippen LogP contribution in [0.1, 0.15) is 22.3 Å². The molecular weight excluding hydrogens is 416 g/mol. The first-order valence-electron chi connectivity index (χ1n) is 10.6. The van der Waals surface area contributed by atoms with Gasteiger partial charge in [0, 0.05) is 6.54 Å². The summed E-state index contributed by atoms with van der Waals surface area (Å²) in [7, 11) is 1.66. The van der Waals surface area contributed by atoms with Crippen LogP contribution < -0.4 is 4.74 Å². The van der Waals surface area contributed by atoms with E-state index in [-0.39, 0.29) is 5.91 Å². The Morgan fingerprint density at radius 3 is 2.44 bits per heavy atom. The number of carbonyl (C=O) groups is 1. The molecule has 1 saturated heterocycles. The van der Waals surface area contributed by atoms with Gasteiger partial charge in [-0.1, -0.05) is 54.1 Å². The number of ether oxygens (including phenoxy) is 1. The Bertz CT molecular complexity index is 1170. The highest BCUT2D eigenvalue weighted by Crippen LogP contribution is 2.35. The maximum atomic E-state index is 13.3. The SMILES string of the molecule is COc1ccc(/C=C2/SC(=Nc3ccc(C)cc3)N(CCc3ccccc3)C2=O)cc1C. The molecule has 1 fully saturated rings. The predicted octanol–water partition coefficient (Wildman–Crippen LogP) is 6.16. The van der Waals surface area contributed by atoms with Gasteiger partial charge in [0.1, 0.15) is 5.75 Å². The highest BCUT2D eigenvalue weighted by atomic mass is 32.2. The lowest BCUT2D eigenvalue weighted by atomic mass is 10.1. The van der Waals surface area contributed by atoms with E-state index in [1.54, 1.807) is 12.0 Å². The van der Waals surface area contributed by atoms with Crippen molar-refractivity contribution in [1.82, 2.24) is 4.90 Å². The molecule has 0 radical (unpaired) electrons. The Labute approximate surface area is 193 Å². The van der Waals surface area contributed by atoms with Crippen LogP contribution in [0.15, 0.2) is 82.7 Å². The number of carbonyl (C=O) groups excluding carboxylic acids is 1. The van der Waals surface area contributed by atoms with E-state index < -0.39 is 0 Å². The molecule has 0 saturated carbocycles. The van der Waals surface area contributed by atoms with Crippen molar-refractivity contribution in [3.8, 4) is 5.75 Å². The van der Waals surface area contributed by atoms with Crippen molar-refractivity contribution in [1.29, 1.82) is 0 Å². The first-order valence-corrected chi connectivity index (χ1v) is 11.4. The van der Waals surface area contributed by atoms with Crippen LogP contribution in [0.5, 0.6) is 5.75 Å². The van der Waals surface area contributed by atoms with E-state index in [0.29, 0.717) is 16.6 Å². The van der Waals surface area contributed by atoms with E-state index in [0.717, 1.165) is 29.0 Å². The van der Waals surface area contributed by atoms with E-state index in [2.05, 4.69) is 19.1 Å². The number of hydrogen-bond acceptors (Lipinski definition) is 4. The number of thioether (sulfide) groups is 1. The molecule has 0 aromatic heterocycles. The van der Waals surface area contributed by atoms with Crippen molar-refractivity contribution in [3.63, 3.8) is 0 Å². The largest absolute Gasteiger partial charge is 0.496 e. The zero-order valence-corrected chi connectivity index (χ0v) is 19.4. The Morgan fingerprint density at radius 1 is 1.00 bits per heavy atom. The van der Waals surface area contributed by atoms with Crippen molar-refractivity contribution in [2.75, 3.05) is 13.7 Å². The lowest BCUT2D eigenvalue weighted by Gasteiger charge is -2.15. The lowest BCUT2D eigenvalue weighted by Crippen LogP contribution is -2.31. The summed E-state index contributed by atoms with van der Waals surface area (Å²) in [5.41, 5.74) is 5.23. The zero-order chi connectivity index (χ0) is 22.5. The van der Waals surface area contributed by atoms with Gasteiger partial charge in [-0.05, 0) is 79.1 Å². The van der Waals surface area contributed by atoms with Crippen LogP contribution in [0.25, 0.3) is 6.08 Å². The summed E-state index contributed by atoms with van der Waals surface area (Å²) >= 11 is 1.43. The number of rotatable bonds is 6. The first kappa shape index (κ1) is 21.9. The zero-order valence-electron chi connectivity index (χ0n) is 18.5. The quantitative estimate of drug-likeness (QED) is 0.430. The van der Waals surface area contributed by atoms with E-state index >= 15 is 0 Å². The highest BCUT2D eigenvalue weighted by Gasteiger charge is 2.33. The van der Waals surface area contributed by atoms with Gasteiger partial charge in [0.15, 0.2) is 5.17 Å². The Hall–Kier alpha value is -3.31. The minimum Gasteiger partial charge on any atom is -0.496 e. The minimum absolute atomic E-state index is 0.00901. The van der Waals surface area contributed by atoms with Gasteiger partial charge in [0.2, 0.25) is 0 Å². The summed E-state index contributed by atoms with van der Waals surface area (Å²) in [4.78, 5) is 20.6. The number of hydrogen-bond donors (Lipinski definition) is 0. The van der Waals surface area contributed by atoms with Gasteiger partial charge in [-0.25, -0.2) is 4.99 Å². The van der Waals surface area contributed by atoms with Gasteiger partial charge < -0.3 is 4.74 Å². The molecule has 1 aliphatic heterocycles. The van der Waals surface area contributed by atoms with Crippen molar-refractivity contribution in [2.45, 2.75) is 20.3 Å². The topological polar surface area (TPSA) is 41.9 Å². The minimum atomic E-state index is -0.00901. The van der Waals surface area contributed by atoms with Gasteiger partial charge in [0.25, 0.3) is 5.91 Å². The van der Waals surface area contributed by atoms with Crippen LogP contribution in [0.2, 0.25) is 0 Å². The average Bonchev–Trinajstić information content (AvgIpc) is 3.08. The molecule has 162 valence electrons. The van der Waals surface area contributed by atoms with Crippen molar-refractivity contribution < 1.29 is 9.53 Å². The molecule has 4 rings (SSSR count). The summed E-state index contributed by atoms with van der Waals surface area (Å²) in [5, 5.41) is 0.714. The van der Waals surface area contributed by atoms with Crippen LogP contribution in [0.3, 0.4) is 0 Å². The summed E-state index contributed by atoms with van der Waals surface area (Å²) in [6.45, 7) is 4.63. The second-order valence-electron chi connectivity index (χ2n) is 7.76. The molecule has 5 heteroatoms. The molecule has 0 atom stereocenters. The number of aliphatic imine (C=N–C) groups is 1. The fourth-order valence-electron chi connectivity index (χ4n) is 3.55. The number of amides is 1. The second-order valence-corrected chi connectivity index (χ2v) is 8.77. The fourth-order valence-corrected chi connectivity index (χ4v) is 4.57. The monoisotopic (exact) mass is 442 g/mol. The lowest BCUT2D eigenvalue weighted by molar-refractivity contribution is -0.122. The van der Waals surface area contributed by atoms with E-state index in [1.165, 1.54) is 22.9 Å². The number of nitrogens with zero attached hydrogens (tertiary/aromatic N) is 2. The fraction of sp³-hybridized carbons (Fsp3) is 0.185. The van der Waals surface area contributed by atoms with Gasteiger partial charge in [0.05, 0.1) is 17.7 Å². The summed E-state index contributed by atoms with van der Waals surface area (Å²) in [6.07, 6.45) is 2.71. The third kappa shape index (κ3) is 5.11. The van der Waals surface area contributed by atoms with E-state index in [4.69, 9.17) is 9.73 Å². The third-order valence-electron chi connectivity index (χ3n) is 5.33. The predicted molar refractivity (Wildman–Crippen MR) is 133 cm³/mol. The standard InChI is InChI=1S/C27H26N2O2S/c1-19-9-12-23(13-10-19)28-27-29(16-15-21-7-5-4-6-8-21)26(30)25(32-27)18-22-11-14-24(31-3)20(2)17-22/h4-14,17-18H,15-16H2,1-3H3/b25-18+,28-27?. The number of aryl methyl sites for hydroxylation is 2. The molecule has 4 nitrogen and oxygen atoms in total. The first-order chi connectivity index (χ1) is 15.5. The molecule has 1 amide bonds. The summed E-state index contributed by atoms with van der Waals surface area (Å²) in [5.74, 6) is 0.828. The molecule has 0 N–H and O–H groups in total. The van der Waals surface area contributed by atoms with Crippen LogP contribution in [0.4, 0.5) is 5.69 Å². The molecule has 0 bridgehead atoms. The van der Waals surface area contributed by atoms with Crippen molar-refractivity contribution in [3.05, 3.63) is 100.0 Å². The number of amidine groups is 1. The maximum Gasteiger partial charge on any atom is 0.266 e. The second kappa shape index (κ2) is 9.88. The molecule has 0 spiro atoms. The van der Waals surface area contributed by atoms with Crippen LogP contribution >= 0.6 is 11.8 Å². The normalized spacial score (nSPS) is 16.2. The molecule has 0 unspecified atom stereocenters. The van der Waals surface area contributed by atoms with Crippen molar-refractivity contribution >= 4 is 34.6 Å². The van der Waals surface area contributed by atoms with E-state index in [9.17, 15) is 4.79 Å². The molecule has 1 heterocycles. The highest BCUT2D eigenvalue weighted by molar-refractivity contribution is 8.18. The summed E-state index contributed by atoms with van der Waals surface area (Å²) in [6, 6.07) is 24.2. The van der Waals surface area contributed by atoms with Gasteiger partial charge >= 0.3 is 0 Å². The molecule has 0 aliphatic carbocycles. The molecule has 3 aromatic carbocycles. The van der Waals surface area contributed by atoms with Crippen LogP contribution in [-0.4, -0.2) is 29.6 Å². The summed E-state index contributed by atoms with van der Waals surface area (Å²) < 4.78 is 5.35. The van der Waals surface area contributed by atoms with Crippen LogP contribution in [0, 0.1) is 13.8 Å². The van der Waals surface area contributed by atoms with Gasteiger partial charge in [-0.3, -0.25) is 9.69 Å². The Kier molecular flexibility index (Phi) is 6.76. The molecule has 3 aromatic rings. The average molecular weight is 443 g/mol. The number of methoxy groups -OCH3 is 1. The van der Waals surface area contributed by atoms with Gasteiger partial charge in [-0.15, -0.1) is 0 Å². The van der Waals surface area contributed by atoms with Crippen LogP contribution in [-0.2, 0) is 11.2 Å². The maximum absolute atomic E-state index is 13.3. The number of benzene rings is 3. The molecular formula is C27H26N2O2S. The third-order valence-corrected chi connectivity index (χ3v) is 6.34. The van der Waals surface area contributed by atoms with Gasteiger partial charge in [-0.2, -0.15) is 0 Å². The Morgan fingerprint density at radius 2 is 1.75 bits per heavy atom. The Balaban J connectivity index is 1.64. The van der Waals surface area contributed by atoms with E-state index in [1.807, 2.05) is 73.7 Å². The molecule has 1 aliphatic rings. The smallest absolute Gasteiger partial charge is 0.266 e.